The molecule has 0 spiro atoms. The maximum Gasteiger partial charge on any atom is 0.270 e. The second-order valence-electron chi connectivity index (χ2n) is 5.00. The van der Waals surface area contributed by atoms with Crippen molar-refractivity contribution >= 4 is 21.4 Å². The number of nitro benzene ring substituents is 1. The highest BCUT2D eigenvalue weighted by Gasteiger charge is 2.19. The first-order valence-corrected chi connectivity index (χ1v) is 8.15. The summed E-state index contributed by atoms with van der Waals surface area (Å²) in [5, 5.41) is 10.8. The fourth-order valence-corrected chi connectivity index (χ4v) is 3.11. The zero-order valence-corrected chi connectivity index (χ0v) is 13.7. The molecule has 7 nitrogen and oxygen atoms in total. The normalized spacial score (nSPS) is 11.1. The smallest absolute Gasteiger partial charge is 0.270 e. The van der Waals surface area contributed by atoms with E-state index in [-0.39, 0.29) is 16.3 Å². The third kappa shape index (κ3) is 3.59. The summed E-state index contributed by atoms with van der Waals surface area (Å²) in [4.78, 5) is 9.96. The number of nitro groups is 1. The molecule has 2 rings (SSSR count). The van der Waals surface area contributed by atoms with Gasteiger partial charge in [-0.15, -0.1) is 0 Å². The summed E-state index contributed by atoms with van der Waals surface area (Å²) < 4.78 is 32.5. The molecule has 0 aliphatic carbocycles. The van der Waals surface area contributed by atoms with Crippen LogP contribution in [0, 0.1) is 24.0 Å². The number of nitrogens with one attached hydrogen (secondary N) is 1. The highest BCUT2D eigenvalue weighted by atomic mass is 32.2. The molecule has 0 aromatic heterocycles. The Bertz CT molecular complexity index is 862. The van der Waals surface area contributed by atoms with E-state index in [1.165, 1.54) is 25.3 Å². The number of sulfonamides is 1. The van der Waals surface area contributed by atoms with Crippen LogP contribution in [0.3, 0.4) is 0 Å². The summed E-state index contributed by atoms with van der Waals surface area (Å²) >= 11 is 0. The van der Waals surface area contributed by atoms with E-state index in [2.05, 4.69) is 4.72 Å². The average Bonchev–Trinajstić information content (AvgIpc) is 2.50. The number of rotatable bonds is 5. The molecule has 0 fully saturated rings. The summed E-state index contributed by atoms with van der Waals surface area (Å²) in [5.74, 6) is 0.377. The van der Waals surface area contributed by atoms with Crippen molar-refractivity contribution in [1.29, 1.82) is 0 Å². The van der Waals surface area contributed by atoms with Crippen LogP contribution in [-0.2, 0) is 10.0 Å². The molecular weight excluding hydrogens is 320 g/mol. The molecule has 0 saturated heterocycles. The second kappa shape index (κ2) is 6.25. The monoisotopic (exact) mass is 336 g/mol. The SMILES string of the molecule is COc1cc(C)c(C)cc1NS(=O)(=O)c1cccc([N+](=O)[O-])c1. The summed E-state index contributed by atoms with van der Waals surface area (Å²) in [6.45, 7) is 3.73. The Morgan fingerprint density at radius 3 is 2.39 bits per heavy atom. The summed E-state index contributed by atoms with van der Waals surface area (Å²) in [6.07, 6.45) is 0. The second-order valence-corrected chi connectivity index (χ2v) is 6.68. The van der Waals surface area contributed by atoms with Crippen molar-refractivity contribution in [3.8, 4) is 5.75 Å². The van der Waals surface area contributed by atoms with Gasteiger partial charge in [0, 0.05) is 12.1 Å². The molecule has 2 aromatic rings. The lowest BCUT2D eigenvalue weighted by atomic mass is 10.1. The van der Waals surface area contributed by atoms with Gasteiger partial charge in [0.2, 0.25) is 0 Å². The fraction of sp³-hybridized carbons (Fsp3) is 0.200. The highest BCUT2D eigenvalue weighted by Crippen LogP contribution is 2.30. The zero-order chi connectivity index (χ0) is 17.2. The van der Waals surface area contributed by atoms with Crippen molar-refractivity contribution in [3.05, 3.63) is 57.6 Å². The van der Waals surface area contributed by atoms with Crippen LogP contribution in [0.1, 0.15) is 11.1 Å². The van der Waals surface area contributed by atoms with Crippen molar-refractivity contribution in [1.82, 2.24) is 0 Å². The Hall–Kier alpha value is -2.61. The van der Waals surface area contributed by atoms with Crippen molar-refractivity contribution in [2.75, 3.05) is 11.8 Å². The first kappa shape index (κ1) is 16.8. The third-order valence-corrected chi connectivity index (χ3v) is 4.76. The van der Waals surface area contributed by atoms with Gasteiger partial charge < -0.3 is 4.74 Å². The molecule has 1 N–H and O–H groups in total. The summed E-state index contributed by atoms with van der Waals surface area (Å²) in [7, 11) is -2.53. The number of benzene rings is 2. The predicted octanol–water partition coefficient (Wildman–Crippen LogP) is 3.02. The van der Waals surface area contributed by atoms with Gasteiger partial charge in [-0.2, -0.15) is 0 Å². The zero-order valence-electron chi connectivity index (χ0n) is 12.9. The van der Waals surface area contributed by atoms with E-state index in [1.54, 1.807) is 12.1 Å². The Morgan fingerprint density at radius 1 is 1.13 bits per heavy atom. The largest absolute Gasteiger partial charge is 0.495 e. The Balaban J connectivity index is 2.45. The van der Waals surface area contributed by atoms with E-state index in [9.17, 15) is 18.5 Å². The molecule has 122 valence electrons. The third-order valence-electron chi connectivity index (χ3n) is 3.40. The van der Waals surface area contributed by atoms with Gasteiger partial charge in [0.15, 0.2) is 0 Å². The van der Waals surface area contributed by atoms with Crippen molar-refractivity contribution < 1.29 is 18.1 Å². The van der Waals surface area contributed by atoms with Crippen molar-refractivity contribution in [2.45, 2.75) is 18.7 Å². The van der Waals surface area contributed by atoms with Crippen LogP contribution < -0.4 is 9.46 Å². The van der Waals surface area contributed by atoms with Gasteiger partial charge >= 0.3 is 0 Å². The molecule has 0 atom stereocenters. The van der Waals surface area contributed by atoms with Gasteiger partial charge in [-0.3, -0.25) is 14.8 Å². The predicted molar refractivity (Wildman–Crippen MR) is 86.4 cm³/mol. The number of ether oxygens (including phenoxy) is 1. The topological polar surface area (TPSA) is 98.5 Å². The van der Waals surface area contributed by atoms with Gasteiger partial charge in [0.05, 0.1) is 22.6 Å². The minimum atomic E-state index is -3.97. The van der Waals surface area contributed by atoms with E-state index in [0.717, 1.165) is 17.2 Å². The maximum atomic E-state index is 12.5. The van der Waals surface area contributed by atoms with Crippen LogP contribution in [0.25, 0.3) is 0 Å². The van der Waals surface area contributed by atoms with E-state index in [0.29, 0.717) is 5.75 Å². The van der Waals surface area contributed by atoms with E-state index >= 15 is 0 Å². The van der Waals surface area contributed by atoms with Gasteiger partial charge in [-0.25, -0.2) is 8.42 Å². The summed E-state index contributed by atoms with van der Waals surface area (Å²) in [5.41, 5.74) is 1.84. The van der Waals surface area contributed by atoms with E-state index < -0.39 is 14.9 Å². The minimum Gasteiger partial charge on any atom is -0.495 e. The number of methoxy groups -OCH3 is 1. The lowest BCUT2D eigenvalue weighted by Gasteiger charge is -2.14. The van der Waals surface area contributed by atoms with Crippen LogP contribution in [0.15, 0.2) is 41.3 Å². The first-order chi connectivity index (χ1) is 10.7. The molecule has 0 saturated carbocycles. The lowest BCUT2D eigenvalue weighted by Crippen LogP contribution is -2.14. The Morgan fingerprint density at radius 2 is 1.78 bits per heavy atom. The van der Waals surface area contributed by atoms with Gasteiger partial charge in [-0.05, 0) is 43.2 Å². The molecule has 0 aliphatic rings. The fourth-order valence-electron chi connectivity index (χ4n) is 2.01. The number of hydrogen-bond donors (Lipinski definition) is 1. The van der Waals surface area contributed by atoms with Crippen molar-refractivity contribution in [2.24, 2.45) is 0 Å². The molecule has 0 unspecified atom stereocenters. The van der Waals surface area contributed by atoms with Crippen LogP contribution in [-0.4, -0.2) is 20.5 Å². The molecule has 0 aliphatic heterocycles. The average molecular weight is 336 g/mol. The molecular formula is C15H16N2O5S. The van der Waals surface area contributed by atoms with Crippen LogP contribution in [0.4, 0.5) is 11.4 Å². The quantitative estimate of drug-likeness (QED) is 0.668. The van der Waals surface area contributed by atoms with Crippen molar-refractivity contribution in [3.63, 3.8) is 0 Å². The van der Waals surface area contributed by atoms with Gasteiger partial charge in [-0.1, -0.05) is 6.07 Å². The Labute approximate surface area is 134 Å². The molecule has 0 amide bonds. The molecule has 8 heteroatoms. The standard InChI is InChI=1S/C15H16N2O5S/c1-10-7-14(15(22-3)8-11(10)2)16-23(20,21)13-6-4-5-12(9-13)17(18)19/h4-9,16H,1-3H3. The number of aryl methyl sites for hydroxylation is 2. The maximum absolute atomic E-state index is 12.5. The number of nitrogens with zero attached hydrogens (tertiary/aromatic N) is 1. The van der Waals surface area contributed by atoms with Gasteiger partial charge in [0.1, 0.15) is 5.75 Å². The van der Waals surface area contributed by atoms with Gasteiger partial charge in [0.25, 0.3) is 15.7 Å². The van der Waals surface area contributed by atoms with E-state index in [4.69, 9.17) is 4.74 Å². The van der Waals surface area contributed by atoms with Crippen LogP contribution >= 0.6 is 0 Å². The lowest BCUT2D eigenvalue weighted by molar-refractivity contribution is -0.385. The van der Waals surface area contributed by atoms with Crippen LogP contribution in [0.2, 0.25) is 0 Å². The summed E-state index contributed by atoms with van der Waals surface area (Å²) in [6, 6.07) is 8.24. The number of hydrogen-bond acceptors (Lipinski definition) is 5. The minimum absolute atomic E-state index is 0.188. The van der Waals surface area contributed by atoms with E-state index in [1.807, 2.05) is 13.8 Å². The Kier molecular flexibility index (Phi) is 4.55. The number of non-ortho nitro benzene ring substituents is 1. The molecule has 2 aromatic carbocycles. The molecule has 0 bridgehead atoms. The molecule has 0 heterocycles. The van der Waals surface area contributed by atoms with Crippen LogP contribution in [0.5, 0.6) is 5.75 Å². The molecule has 23 heavy (non-hydrogen) atoms. The highest BCUT2D eigenvalue weighted by molar-refractivity contribution is 7.92. The first-order valence-electron chi connectivity index (χ1n) is 6.67. The number of anilines is 1. The molecule has 0 radical (unpaired) electrons.